The molecule has 4 nitrogen and oxygen atoms in total. The molecule has 2 fully saturated rings. The van der Waals surface area contributed by atoms with E-state index in [1.807, 2.05) is 11.0 Å². The van der Waals surface area contributed by atoms with Gasteiger partial charge in [-0.2, -0.15) is 0 Å². The number of carbonyl (C=O) groups excluding carboxylic acids is 1. The number of hydrogen-bond donors (Lipinski definition) is 1. The van der Waals surface area contributed by atoms with Crippen LogP contribution in [0.3, 0.4) is 0 Å². The number of ether oxygens (including phenoxy) is 1. The molecule has 1 aliphatic carbocycles. The summed E-state index contributed by atoms with van der Waals surface area (Å²) in [6.07, 6.45) is 5.95. The topological polar surface area (TPSA) is 55.6 Å². The van der Waals surface area contributed by atoms with E-state index in [0.29, 0.717) is 32.7 Å². The summed E-state index contributed by atoms with van der Waals surface area (Å²) >= 11 is 0. The van der Waals surface area contributed by atoms with Gasteiger partial charge in [0.1, 0.15) is 11.9 Å². The molecule has 1 aliphatic heterocycles. The highest BCUT2D eigenvalue weighted by Crippen LogP contribution is 2.39. The summed E-state index contributed by atoms with van der Waals surface area (Å²) in [7, 11) is 0. The first-order valence-electron chi connectivity index (χ1n) is 8.97. The van der Waals surface area contributed by atoms with E-state index in [1.165, 1.54) is 31.4 Å². The summed E-state index contributed by atoms with van der Waals surface area (Å²) < 4.78 is 19.2. The predicted molar refractivity (Wildman–Crippen MR) is 98.1 cm³/mol. The first-order chi connectivity index (χ1) is 11.6. The Morgan fingerprint density at radius 3 is 2.76 bits per heavy atom. The normalized spacial score (nSPS) is 23.0. The molecule has 25 heavy (non-hydrogen) atoms. The summed E-state index contributed by atoms with van der Waals surface area (Å²) in [5, 5.41) is 0. The number of halogens is 2. The minimum Gasteiger partial charge on any atom is -0.370 e. The molecule has 1 aromatic carbocycles. The van der Waals surface area contributed by atoms with Crippen LogP contribution in [0.2, 0.25) is 0 Å². The maximum Gasteiger partial charge on any atom is 0.223 e. The Bertz CT molecular complexity index is 578. The minimum atomic E-state index is -0.274. The third kappa shape index (κ3) is 4.93. The van der Waals surface area contributed by atoms with E-state index in [9.17, 15) is 9.18 Å². The van der Waals surface area contributed by atoms with Gasteiger partial charge in [-0.25, -0.2) is 4.39 Å². The number of morpholine rings is 1. The number of amides is 1. The molecule has 1 amide bonds. The van der Waals surface area contributed by atoms with Gasteiger partial charge in [0.05, 0.1) is 13.2 Å². The van der Waals surface area contributed by atoms with Crippen molar-refractivity contribution in [1.82, 2.24) is 4.90 Å². The van der Waals surface area contributed by atoms with E-state index in [2.05, 4.69) is 0 Å². The van der Waals surface area contributed by atoms with Crippen molar-refractivity contribution in [2.75, 3.05) is 26.2 Å². The molecule has 1 atom stereocenters. The zero-order valence-corrected chi connectivity index (χ0v) is 15.4. The first-order valence-corrected chi connectivity index (χ1v) is 8.97. The number of carbonyl (C=O) groups is 1. The van der Waals surface area contributed by atoms with Crippen LogP contribution in [0.25, 0.3) is 0 Å². The fourth-order valence-electron chi connectivity index (χ4n) is 3.97. The molecular formula is C19H28ClFN2O2. The molecular weight excluding hydrogens is 343 g/mol. The second-order valence-electron chi connectivity index (χ2n) is 7.20. The van der Waals surface area contributed by atoms with Crippen LogP contribution in [0.4, 0.5) is 4.39 Å². The van der Waals surface area contributed by atoms with Crippen LogP contribution >= 0.6 is 12.4 Å². The highest BCUT2D eigenvalue weighted by atomic mass is 35.5. The maximum absolute atomic E-state index is 13.4. The molecule has 1 saturated carbocycles. The van der Waals surface area contributed by atoms with Gasteiger partial charge in [0.2, 0.25) is 5.91 Å². The standard InChI is InChI=1S/C19H27FN2O2.ClH/c20-16-6-4-5-15(11-16)17-13-22(9-10-24-17)18(23)12-19(14-21)7-2-1-3-8-19;/h4-6,11,17H,1-3,7-10,12-14,21H2;1H. The number of nitrogens with zero attached hydrogens (tertiary/aromatic N) is 1. The fraction of sp³-hybridized carbons (Fsp3) is 0.632. The van der Waals surface area contributed by atoms with Crippen molar-refractivity contribution >= 4 is 18.3 Å². The summed E-state index contributed by atoms with van der Waals surface area (Å²) in [5.41, 5.74) is 6.78. The van der Waals surface area contributed by atoms with E-state index < -0.39 is 0 Å². The van der Waals surface area contributed by atoms with E-state index >= 15 is 0 Å². The molecule has 0 bridgehead atoms. The highest BCUT2D eigenvalue weighted by molar-refractivity contribution is 5.85. The Balaban J connectivity index is 0.00000225. The summed E-state index contributed by atoms with van der Waals surface area (Å²) in [6, 6.07) is 6.44. The quantitative estimate of drug-likeness (QED) is 0.883. The van der Waals surface area contributed by atoms with E-state index in [-0.39, 0.29) is 35.7 Å². The highest BCUT2D eigenvalue weighted by Gasteiger charge is 2.35. The zero-order valence-electron chi connectivity index (χ0n) is 14.6. The average molecular weight is 371 g/mol. The lowest BCUT2D eigenvalue weighted by molar-refractivity contribution is -0.142. The molecule has 1 heterocycles. The smallest absolute Gasteiger partial charge is 0.223 e. The summed E-state index contributed by atoms with van der Waals surface area (Å²) in [5.74, 6) is -0.115. The van der Waals surface area contributed by atoms with Gasteiger partial charge in [0.25, 0.3) is 0 Å². The summed E-state index contributed by atoms with van der Waals surface area (Å²) in [6.45, 7) is 2.16. The van der Waals surface area contributed by atoms with Crippen molar-refractivity contribution < 1.29 is 13.9 Å². The number of rotatable bonds is 4. The van der Waals surface area contributed by atoms with E-state index in [1.54, 1.807) is 6.07 Å². The molecule has 0 spiro atoms. The molecule has 3 rings (SSSR count). The molecule has 1 saturated heterocycles. The SMILES string of the molecule is Cl.NCC1(CC(=O)N2CCOC(c3cccc(F)c3)C2)CCCCC1. The van der Waals surface area contributed by atoms with Crippen LogP contribution in [0.1, 0.15) is 50.2 Å². The molecule has 0 aromatic heterocycles. The molecule has 0 radical (unpaired) electrons. The Hall–Kier alpha value is -1.17. The van der Waals surface area contributed by atoms with Crippen molar-refractivity contribution in [2.24, 2.45) is 11.1 Å². The van der Waals surface area contributed by atoms with Crippen molar-refractivity contribution in [3.8, 4) is 0 Å². The van der Waals surface area contributed by atoms with Gasteiger partial charge < -0.3 is 15.4 Å². The monoisotopic (exact) mass is 370 g/mol. The van der Waals surface area contributed by atoms with Crippen LogP contribution < -0.4 is 5.73 Å². The molecule has 6 heteroatoms. The molecule has 1 aromatic rings. The van der Waals surface area contributed by atoms with Gasteiger partial charge in [-0.05, 0) is 42.5 Å². The van der Waals surface area contributed by atoms with Crippen molar-refractivity contribution in [1.29, 1.82) is 0 Å². The van der Waals surface area contributed by atoms with Crippen molar-refractivity contribution in [3.63, 3.8) is 0 Å². The Morgan fingerprint density at radius 2 is 2.08 bits per heavy atom. The number of hydrogen-bond acceptors (Lipinski definition) is 3. The van der Waals surface area contributed by atoms with Crippen LogP contribution in [0, 0.1) is 11.2 Å². The zero-order chi connectivity index (χ0) is 17.0. The van der Waals surface area contributed by atoms with Gasteiger partial charge in [-0.1, -0.05) is 31.4 Å². The Kier molecular flexibility index (Phi) is 7.23. The lowest BCUT2D eigenvalue weighted by Gasteiger charge is -2.39. The lowest BCUT2D eigenvalue weighted by Crippen LogP contribution is -2.45. The average Bonchev–Trinajstić information content (AvgIpc) is 2.62. The minimum absolute atomic E-state index is 0. The first kappa shape index (κ1) is 20.1. The van der Waals surface area contributed by atoms with Crippen LogP contribution in [0.5, 0.6) is 0 Å². The van der Waals surface area contributed by atoms with Crippen LogP contribution in [0.15, 0.2) is 24.3 Å². The largest absolute Gasteiger partial charge is 0.370 e. The van der Waals surface area contributed by atoms with Crippen LogP contribution in [-0.4, -0.2) is 37.0 Å². The van der Waals surface area contributed by atoms with Gasteiger partial charge >= 0.3 is 0 Å². The maximum atomic E-state index is 13.4. The van der Waals surface area contributed by atoms with Gasteiger partial charge in [0.15, 0.2) is 0 Å². The second-order valence-corrected chi connectivity index (χ2v) is 7.20. The van der Waals surface area contributed by atoms with Crippen molar-refractivity contribution in [2.45, 2.75) is 44.6 Å². The molecule has 1 unspecified atom stereocenters. The van der Waals surface area contributed by atoms with E-state index in [0.717, 1.165) is 18.4 Å². The Morgan fingerprint density at radius 1 is 1.32 bits per heavy atom. The van der Waals surface area contributed by atoms with Gasteiger partial charge in [-0.3, -0.25) is 4.79 Å². The third-order valence-corrected chi connectivity index (χ3v) is 5.51. The van der Waals surface area contributed by atoms with Gasteiger partial charge in [-0.15, -0.1) is 12.4 Å². The van der Waals surface area contributed by atoms with Crippen molar-refractivity contribution in [3.05, 3.63) is 35.6 Å². The van der Waals surface area contributed by atoms with E-state index in [4.69, 9.17) is 10.5 Å². The lowest BCUT2D eigenvalue weighted by atomic mass is 9.71. The molecule has 140 valence electrons. The second kappa shape index (κ2) is 8.97. The third-order valence-electron chi connectivity index (χ3n) is 5.51. The molecule has 2 aliphatic rings. The van der Waals surface area contributed by atoms with Gasteiger partial charge in [0, 0.05) is 13.0 Å². The number of nitrogens with two attached hydrogens (primary N) is 1. The summed E-state index contributed by atoms with van der Waals surface area (Å²) in [4.78, 5) is 14.7. The fourth-order valence-corrected chi connectivity index (χ4v) is 3.97. The Labute approximate surface area is 155 Å². The van der Waals surface area contributed by atoms with Crippen LogP contribution in [-0.2, 0) is 9.53 Å². The predicted octanol–water partition coefficient (Wildman–Crippen LogP) is 3.45. The molecule has 2 N–H and O–H groups in total. The number of benzene rings is 1.